The van der Waals surface area contributed by atoms with E-state index in [1.54, 1.807) is 6.20 Å². The quantitative estimate of drug-likeness (QED) is 0.603. The van der Waals surface area contributed by atoms with Crippen LogP contribution < -0.4 is 5.32 Å². The smallest absolute Gasteiger partial charge is 0.220 e. The normalized spacial score (nSPS) is 11.2. The maximum absolute atomic E-state index is 12.4. The van der Waals surface area contributed by atoms with E-state index in [4.69, 9.17) is 0 Å². The molecule has 0 bridgehead atoms. The Morgan fingerprint density at radius 3 is 2.72 bits per heavy atom. The summed E-state index contributed by atoms with van der Waals surface area (Å²) in [6.45, 7) is 10.7. The van der Waals surface area contributed by atoms with E-state index in [1.807, 2.05) is 36.1 Å². The Hall–Kier alpha value is -2.89. The molecule has 0 aliphatic rings. The molecule has 1 amide bonds. The Labute approximate surface area is 173 Å². The third-order valence-electron chi connectivity index (χ3n) is 5.08. The largest absolute Gasteiger partial charge is 0.352 e. The highest BCUT2D eigenvalue weighted by Crippen LogP contribution is 2.16. The fourth-order valence-electron chi connectivity index (χ4n) is 3.58. The summed E-state index contributed by atoms with van der Waals surface area (Å²) in [5.74, 6) is 0.620. The third-order valence-corrected chi connectivity index (χ3v) is 5.08. The van der Waals surface area contributed by atoms with Gasteiger partial charge in [0.15, 0.2) is 0 Å². The predicted molar refractivity (Wildman–Crippen MR) is 114 cm³/mol. The molecule has 0 unspecified atom stereocenters. The summed E-state index contributed by atoms with van der Waals surface area (Å²) in [5, 5.41) is 7.69. The van der Waals surface area contributed by atoms with Gasteiger partial charge in [-0.3, -0.25) is 9.48 Å². The summed E-state index contributed by atoms with van der Waals surface area (Å²) in [6.07, 6.45) is 6.73. The Balaban J connectivity index is 1.51. The van der Waals surface area contributed by atoms with Crippen LogP contribution in [-0.4, -0.2) is 25.2 Å². The average Bonchev–Trinajstić information content (AvgIpc) is 3.27. The number of benzene rings is 1. The average molecular weight is 394 g/mol. The molecular formula is C23H31N5O. The number of hydrogen-bond donors (Lipinski definition) is 1. The fraction of sp³-hybridized carbons (Fsp3) is 0.435. The van der Waals surface area contributed by atoms with E-state index in [0.29, 0.717) is 18.9 Å². The van der Waals surface area contributed by atoms with Crippen molar-refractivity contribution in [2.45, 2.75) is 60.2 Å². The maximum atomic E-state index is 12.4. The second kappa shape index (κ2) is 9.54. The molecule has 0 aliphatic carbocycles. The molecule has 1 N–H and O–H groups in total. The predicted octanol–water partition coefficient (Wildman–Crippen LogP) is 3.65. The van der Waals surface area contributed by atoms with Gasteiger partial charge in [0.1, 0.15) is 0 Å². The number of imidazole rings is 1. The molecule has 0 fully saturated rings. The second-order valence-electron chi connectivity index (χ2n) is 8.06. The van der Waals surface area contributed by atoms with Gasteiger partial charge in [-0.1, -0.05) is 38.1 Å². The lowest BCUT2D eigenvalue weighted by Gasteiger charge is -2.09. The molecule has 0 saturated carbocycles. The molecule has 6 heteroatoms. The molecule has 0 spiro atoms. The first kappa shape index (κ1) is 20.8. The van der Waals surface area contributed by atoms with Crippen molar-refractivity contribution in [2.75, 3.05) is 0 Å². The molecule has 6 nitrogen and oxygen atoms in total. The van der Waals surface area contributed by atoms with Gasteiger partial charge in [0.25, 0.3) is 0 Å². The minimum absolute atomic E-state index is 0.0698. The van der Waals surface area contributed by atoms with Crippen LogP contribution in [0.1, 0.15) is 48.3 Å². The van der Waals surface area contributed by atoms with Crippen molar-refractivity contribution in [2.24, 2.45) is 5.92 Å². The van der Waals surface area contributed by atoms with Crippen LogP contribution in [0.4, 0.5) is 0 Å². The van der Waals surface area contributed by atoms with E-state index in [9.17, 15) is 4.79 Å². The molecule has 3 rings (SSSR count). The van der Waals surface area contributed by atoms with E-state index in [2.05, 4.69) is 53.0 Å². The first-order chi connectivity index (χ1) is 13.9. The van der Waals surface area contributed by atoms with Crippen molar-refractivity contribution in [1.82, 2.24) is 24.6 Å². The summed E-state index contributed by atoms with van der Waals surface area (Å²) in [6, 6.07) is 8.29. The summed E-state index contributed by atoms with van der Waals surface area (Å²) in [7, 11) is 0. The van der Waals surface area contributed by atoms with Crippen LogP contribution in [0.5, 0.6) is 0 Å². The van der Waals surface area contributed by atoms with Gasteiger partial charge in [-0.05, 0) is 42.9 Å². The van der Waals surface area contributed by atoms with Gasteiger partial charge < -0.3 is 9.88 Å². The van der Waals surface area contributed by atoms with Crippen LogP contribution in [0.15, 0.2) is 43.0 Å². The van der Waals surface area contributed by atoms with Crippen LogP contribution in [0.3, 0.4) is 0 Å². The van der Waals surface area contributed by atoms with E-state index < -0.39 is 0 Å². The zero-order chi connectivity index (χ0) is 20.8. The standard InChI is InChI=1S/C23H31N5O/c1-17(2)14-28-19(4)22(18(3)26-28)8-9-23(29)25-13-20-6-5-7-21(12-20)15-27-11-10-24-16-27/h5-7,10-12,16-17H,8-9,13-15H2,1-4H3,(H,25,29). The lowest BCUT2D eigenvalue weighted by molar-refractivity contribution is -0.121. The van der Waals surface area contributed by atoms with Crippen LogP contribution in [0.25, 0.3) is 0 Å². The third kappa shape index (κ3) is 5.79. The molecule has 0 atom stereocenters. The van der Waals surface area contributed by atoms with Gasteiger partial charge in [-0.2, -0.15) is 5.10 Å². The topological polar surface area (TPSA) is 64.7 Å². The first-order valence-corrected chi connectivity index (χ1v) is 10.3. The van der Waals surface area contributed by atoms with Gasteiger partial charge in [0.05, 0.1) is 12.0 Å². The van der Waals surface area contributed by atoms with Crippen molar-refractivity contribution in [1.29, 1.82) is 0 Å². The molecule has 154 valence electrons. The highest BCUT2D eigenvalue weighted by Gasteiger charge is 2.13. The molecule has 29 heavy (non-hydrogen) atoms. The molecule has 1 aromatic carbocycles. The van der Waals surface area contributed by atoms with Gasteiger partial charge in [-0.25, -0.2) is 4.98 Å². The molecule has 2 heterocycles. The molecular weight excluding hydrogens is 362 g/mol. The zero-order valence-corrected chi connectivity index (χ0v) is 17.9. The first-order valence-electron chi connectivity index (χ1n) is 10.3. The Morgan fingerprint density at radius 1 is 1.21 bits per heavy atom. The van der Waals surface area contributed by atoms with E-state index >= 15 is 0 Å². The number of amides is 1. The van der Waals surface area contributed by atoms with Gasteiger partial charge in [0.2, 0.25) is 5.91 Å². The van der Waals surface area contributed by atoms with Crippen molar-refractivity contribution in [3.63, 3.8) is 0 Å². The number of hydrogen-bond acceptors (Lipinski definition) is 3. The minimum Gasteiger partial charge on any atom is -0.352 e. The number of rotatable bonds is 9. The lowest BCUT2D eigenvalue weighted by atomic mass is 10.1. The van der Waals surface area contributed by atoms with Crippen LogP contribution in [0.2, 0.25) is 0 Å². The van der Waals surface area contributed by atoms with E-state index in [0.717, 1.165) is 30.8 Å². The fourth-order valence-corrected chi connectivity index (χ4v) is 3.58. The van der Waals surface area contributed by atoms with E-state index in [1.165, 1.54) is 16.8 Å². The molecule has 3 aromatic rings. The molecule has 0 radical (unpaired) electrons. The summed E-state index contributed by atoms with van der Waals surface area (Å²) in [5.41, 5.74) is 5.70. The van der Waals surface area contributed by atoms with Crippen LogP contribution >= 0.6 is 0 Å². The Bertz CT molecular complexity index is 940. The van der Waals surface area contributed by atoms with Gasteiger partial charge in [0, 0.05) is 44.1 Å². The molecule has 0 aliphatic heterocycles. The van der Waals surface area contributed by atoms with E-state index in [-0.39, 0.29) is 5.91 Å². The summed E-state index contributed by atoms with van der Waals surface area (Å²) in [4.78, 5) is 16.5. The zero-order valence-electron chi connectivity index (χ0n) is 17.9. The lowest BCUT2D eigenvalue weighted by Crippen LogP contribution is -2.23. The Kier molecular flexibility index (Phi) is 6.86. The van der Waals surface area contributed by atoms with Crippen molar-refractivity contribution in [3.8, 4) is 0 Å². The highest BCUT2D eigenvalue weighted by molar-refractivity contribution is 5.76. The van der Waals surface area contributed by atoms with Crippen LogP contribution in [-0.2, 0) is 30.8 Å². The number of aryl methyl sites for hydroxylation is 1. The SMILES string of the molecule is Cc1nn(CC(C)C)c(C)c1CCC(=O)NCc1cccc(Cn2ccnc2)c1. The summed E-state index contributed by atoms with van der Waals surface area (Å²) >= 11 is 0. The minimum atomic E-state index is 0.0698. The second-order valence-corrected chi connectivity index (χ2v) is 8.06. The Morgan fingerprint density at radius 2 is 2.00 bits per heavy atom. The van der Waals surface area contributed by atoms with Crippen LogP contribution in [0, 0.1) is 19.8 Å². The molecule has 2 aromatic heterocycles. The van der Waals surface area contributed by atoms with Gasteiger partial charge >= 0.3 is 0 Å². The molecule has 0 saturated heterocycles. The summed E-state index contributed by atoms with van der Waals surface area (Å²) < 4.78 is 4.10. The number of nitrogens with zero attached hydrogens (tertiary/aromatic N) is 4. The number of carbonyl (C=O) groups excluding carboxylic acids is 1. The highest BCUT2D eigenvalue weighted by atomic mass is 16.1. The number of carbonyl (C=O) groups is 1. The monoisotopic (exact) mass is 393 g/mol. The van der Waals surface area contributed by atoms with Crippen molar-refractivity contribution in [3.05, 3.63) is 71.1 Å². The number of nitrogens with one attached hydrogen (secondary N) is 1. The van der Waals surface area contributed by atoms with Crippen molar-refractivity contribution >= 4 is 5.91 Å². The van der Waals surface area contributed by atoms with Crippen molar-refractivity contribution < 1.29 is 4.79 Å². The maximum Gasteiger partial charge on any atom is 0.220 e. The number of aromatic nitrogens is 4. The van der Waals surface area contributed by atoms with Gasteiger partial charge in [-0.15, -0.1) is 0 Å².